The van der Waals surface area contributed by atoms with Gasteiger partial charge in [0.2, 0.25) is 0 Å². The molecule has 1 saturated carbocycles. The van der Waals surface area contributed by atoms with Crippen LogP contribution < -0.4 is 19.7 Å². The number of nitrogens with one attached hydrogen (secondary N) is 1. The molecule has 1 N–H and O–H groups in total. The van der Waals surface area contributed by atoms with Crippen LogP contribution >= 0.6 is 11.8 Å². The fraction of sp³-hybridized carbons (Fsp3) is 0.407. The lowest BCUT2D eigenvalue weighted by atomic mass is 9.87. The number of nitrogens with zero attached hydrogens (tertiary/aromatic N) is 1. The number of anilines is 1. The number of methoxy groups -OCH3 is 1. The quantitative estimate of drug-likeness (QED) is 0.552. The molecule has 4 rings (SSSR count). The molecule has 1 heterocycles. The second kappa shape index (κ2) is 10.6. The van der Waals surface area contributed by atoms with E-state index in [2.05, 4.69) is 12.2 Å². The predicted octanol–water partition coefficient (Wildman–Crippen LogP) is 5.51. The average Bonchev–Trinajstić information content (AvgIpc) is 2.84. The molecule has 0 bridgehead atoms. The molecule has 2 aromatic rings. The van der Waals surface area contributed by atoms with E-state index in [0.29, 0.717) is 28.6 Å². The number of carbonyl (C=O) groups excluding carboxylic acids is 2. The summed E-state index contributed by atoms with van der Waals surface area (Å²) in [7, 11) is 3.35. The smallest absolute Gasteiger partial charge is 0.264 e. The molecule has 34 heavy (non-hydrogen) atoms. The number of thioether (sulfide) groups is 1. The molecule has 2 aromatic carbocycles. The molecule has 7 heteroatoms. The molecule has 0 atom stereocenters. The summed E-state index contributed by atoms with van der Waals surface area (Å²) in [5.41, 5.74) is 2.19. The van der Waals surface area contributed by atoms with Gasteiger partial charge in [-0.15, -0.1) is 0 Å². The highest BCUT2D eigenvalue weighted by Gasteiger charge is 2.28. The number of ether oxygens (including phenoxy) is 2. The van der Waals surface area contributed by atoms with Gasteiger partial charge in [0.05, 0.1) is 24.3 Å². The van der Waals surface area contributed by atoms with E-state index in [-0.39, 0.29) is 17.9 Å². The summed E-state index contributed by atoms with van der Waals surface area (Å²) in [6.45, 7) is 4.74. The molecule has 0 aromatic heterocycles. The van der Waals surface area contributed by atoms with Gasteiger partial charge in [-0.2, -0.15) is 0 Å². The first-order valence-electron chi connectivity index (χ1n) is 11.8. The zero-order chi connectivity index (χ0) is 24.2. The van der Waals surface area contributed by atoms with Gasteiger partial charge in [0.15, 0.2) is 11.5 Å². The zero-order valence-electron chi connectivity index (χ0n) is 20.2. The van der Waals surface area contributed by atoms with Gasteiger partial charge in [0, 0.05) is 23.5 Å². The van der Waals surface area contributed by atoms with Crippen molar-refractivity contribution in [3.63, 3.8) is 0 Å². The molecule has 2 aliphatic rings. The van der Waals surface area contributed by atoms with Crippen molar-refractivity contribution in [2.45, 2.75) is 50.5 Å². The van der Waals surface area contributed by atoms with E-state index in [1.54, 1.807) is 19.1 Å². The number of benzene rings is 2. The third-order valence-electron chi connectivity index (χ3n) is 6.45. The van der Waals surface area contributed by atoms with Gasteiger partial charge < -0.3 is 19.7 Å². The van der Waals surface area contributed by atoms with Gasteiger partial charge >= 0.3 is 0 Å². The fourth-order valence-corrected chi connectivity index (χ4v) is 5.50. The molecule has 1 aliphatic heterocycles. The minimum absolute atomic E-state index is 0.0731. The van der Waals surface area contributed by atoms with E-state index in [1.165, 1.54) is 11.8 Å². The van der Waals surface area contributed by atoms with Crippen LogP contribution in [-0.2, 0) is 4.79 Å². The van der Waals surface area contributed by atoms with Crippen LogP contribution in [0.2, 0.25) is 0 Å². The maximum Gasteiger partial charge on any atom is 0.264 e. The van der Waals surface area contributed by atoms with Crippen molar-refractivity contribution in [2.24, 2.45) is 5.92 Å². The van der Waals surface area contributed by atoms with Crippen molar-refractivity contribution >= 4 is 35.3 Å². The van der Waals surface area contributed by atoms with Crippen molar-refractivity contribution in [3.05, 3.63) is 52.4 Å². The Labute approximate surface area is 205 Å². The standard InChI is InChI=1S/C27H32N2O4S/c1-5-33-22-12-8-18(14-23(22)32-4)15-25-27(31)29(3)21-16-19(9-13-24(21)34-25)26(30)28-20-10-6-17(2)7-11-20/h8-9,12-17,20H,5-7,10-11H2,1-4H3,(H,28,30)/b25-15+. The van der Waals surface area contributed by atoms with E-state index in [1.807, 2.05) is 49.4 Å². The van der Waals surface area contributed by atoms with Gasteiger partial charge in [0.25, 0.3) is 11.8 Å². The lowest BCUT2D eigenvalue weighted by Crippen LogP contribution is -2.37. The van der Waals surface area contributed by atoms with Crippen LogP contribution in [0.5, 0.6) is 11.5 Å². The first-order chi connectivity index (χ1) is 16.4. The molecule has 180 valence electrons. The summed E-state index contributed by atoms with van der Waals surface area (Å²) in [4.78, 5) is 29.1. The van der Waals surface area contributed by atoms with Crippen molar-refractivity contribution in [2.75, 3.05) is 25.7 Å². The number of fused-ring (bicyclic) bond motifs is 1. The number of rotatable bonds is 6. The van der Waals surface area contributed by atoms with Crippen molar-refractivity contribution in [1.29, 1.82) is 0 Å². The van der Waals surface area contributed by atoms with E-state index in [0.717, 1.165) is 47.7 Å². The van der Waals surface area contributed by atoms with Gasteiger partial charge in [-0.05, 0) is 80.5 Å². The maximum absolute atomic E-state index is 13.1. The molecule has 0 radical (unpaired) electrons. The number of hydrogen-bond donors (Lipinski definition) is 1. The number of hydrogen-bond acceptors (Lipinski definition) is 5. The second-order valence-electron chi connectivity index (χ2n) is 8.93. The molecule has 1 fully saturated rings. The largest absolute Gasteiger partial charge is 0.493 e. The van der Waals surface area contributed by atoms with E-state index in [4.69, 9.17) is 9.47 Å². The summed E-state index contributed by atoms with van der Waals surface area (Å²) in [6.07, 6.45) is 6.21. The third-order valence-corrected chi connectivity index (χ3v) is 7.53. The Morgan fingerprint density at radius 1 is 1.15 bits per heavy atom. The Morgan fingerprint density at radius 3 is 2.62 bits per heavy atom. The van der Waals surface area contributed by atoms with Gasteiger partial charge in [-0.25, -0.2) is 0 Å². The van der Waals surface area contributed by atoms with Crippen molar-refractivity contribution in [3.8, 4) is 11.5 Å². The minimum Gasteiger partial charge on any atom is -0.493 e. The number of carbonyl (C=O) groups is 2. The Bertz CT molecular complexity index is 1110. The lowest BCUT2D eigenvalue weighted by Gasteiger charge is -2.28. The molecule has 0 spiro atoms. The summed E-state index contributed by atoms with van der Waals surface area (Å²) in [6, 6.07) is 11.4. The summed E-state index contributed by atoms with van der Waals surface area (Å²) < 4.78 is 11.0. The Balaban J connectivity index is 1.53. The van der Waals surface area contributed by atoms with Crippen LogP contribution in [0.3, 0.4) is 0 Å². The number of likely N-dealkylation sites (N-methyl/N-ethyl adjacent to an activating group) is 1. The Morgan fingerprint density at radius 2 is 1.91 bits per heavy atom. The van der Waals surface area contributed by atoms with Gasteiger partial charge in [-0.1, -0.05) is 24.8 Å². The second-order valence-corrected chi connectivity index (χ2v) is 10.0. The van der Waals surface area contributed by atoms with E-state index < -0.39 is 0 Å². The zero-order valence-corrected chi connectivity index (χ0v) is 21.0. The Hall–Kier alpha value is -2.93. The topological polar surface area (TPSA) is 67.9 Å². The SMILES string of the molecule is CCOc1ccc(/C=C2/Sc3ccc(C(=O)NC4CCC(C)CC4)cc3N(C)C2=O)cc1OC. The fourth-order valence-electron chi connectivity index (χ4n) is 4.41. The van der Waals surface area contributed by atoms with Crippen LogP contribution in [-0.4, -0.2) is 38.6 Å². The summed E-state index contributed by atoms with van der Waals surface area (Å²) >= 11 is 1.41. The molecule has 0 saturated heterocycles. The summed E-state index contributed by atoms with van der Waals surface area (Å²) in [5.74, 6) is 1.85. The summed E-state index contributed by atoms with van der Waals surface area (Å²) in [5, 5.41) is 3.17. The van der Waals surface area contributed by atoms with Crippen LogP contribution in [0.25, 0.3) is 6.08 Å². The molecule has 2 amide bonds. The Kier molecular flexibility index (Phi) is 7.51. The minimum atomic E-state index is -0.107. The van der Waals surface area contributed by atoms with Crippen LogP contribution in [0.4, 0.5) is 5.69 Å². The molecule has 6 nitrogen and oxygen atoms in total. The molecule has 0 unspecified atom stereocenters. The predicted molar refractivity (Wildman–Crippen MR) is 137 cm³/mol. The van der Waals surface area contributed by atoms with Crippen molar-refractivity contribution in [1.82, 2.24) is 5.32 Å². The number of amides is 2. The van der Waals surface area contributed by atoms with E-state index in [9.17, 15) is 9.59 Å². The third kappa shape index (κ3) is 5.25. The highest BCUT2D eigenvalue weighted by molar-refractivity contribution is 8.04. The van der Waals surface area contributed by atoms with E-state index >= 15 is 0 Å². The first-order valence-corrected chi connectivity index (χ1v) is 12.6. The van der Waals surface area contributed by atoms with Crippen LogP contribution in [0, 0.1) is 5.92 Å². The highest BCUT2D eigenvalue weighted by atomic mass is 32.2. The first kappa shape index (κ1) is 24.2. The normalized spacial score (nSPS) is 21.2. The lowest BCUT2D eigenvalue weighted by molar-refractivity contribution is -0.114. The maximum atomic E-state index is 13.1. The van der Waals surface area contributed by atoms with Crippen molar-refractivity contribution < 1.29 is 19.1 Å². The molecule has 1 aliphatic carbocycles. The van der Waals surface area contributed by atoms with Gasteiger partial charge in [-0.3, -0.25) is 9.59 Å². The average molecular weight is 481 g/mol. The van der Waals surface area contributed by atoms with Crippen LogP contribution in [0.15, 0.2) is 46.2 Å². The van der Waals surface area contributed by atoms with Crippen LogP contribution in [0.1, 0.15) is 55.5 Å². The van der Waals surface area contributed by atoms with Gasteiger partial charge in [0.1, 0.15) is 0 Å². The monoisotopic (exact) mass is 480 g/mol. The molecular weight excluding hydrogens is 448 g/mol. The highest BCUT2D eigenvalue weighted by Crippen LogP contribution is 2.42. The molecular formula is C27H32N2O4S.